The zero-order valence-corrected chi connectivity index (χ0v) is 16.9. The van der Waals surface area contributed by atoms with Crippen LogP contribution < -0.4 is 5.32 Å². The molecule has 8 nitrogen and oxygen atoms in total. The molecule has 1 N–H and O–H groups in total. The van der Waals surface area contributed by atoms with Crippen molar-refractivity contribution in [3.63, 3.8) is 0 Å². The summed E-state index contributed by atoms with van der Waals surface area (Å²) in [5.74, 6) is -0.807. The number of fused-ring (bicyclic) bond motifs is 1. The van der Waals surface area contributed by atoms with Crippen LogP contribution in [0.5, 0.6) is 0 Å². The van der Waals surface area contributed by atoms with E-state index in [4.69, 9.17) is 11.6 Å². The van der Waals surface area contributed by atoms with Gasteiger partial charge in [0.2, 0.25) is 5.91 Å². The second-order valence-corrected chi connectivity index (χ2v) is 7.18. The molecule has 0 unspecified atom stereocenters. The number of carbonyl (C=O) groups excluding carboxylic acids is 1. The second kappa shape index (κ2) is 8.11. The molecule has 2 heterocycles. The Morgan fingerprint density at radius 2 is 1.97 bits per heavy atom. The zero-order chi connectivity index (χ0) is 22.1. The molecule has 31 heavy (non-hydrogen) atoms. The lowest BCUT2D eigenvalue weighted by Gasteiger charge is -2.08. The molecule has 1 amide bonds. The SMILES string of the molecule is Cc1nn(CC(=O)Nc2cc([N+](=O)[O-])ccc2Cl)c2nccc(-c3ccc(F)cc3)c12. The molecular weight excluding hydrogens is 425 g/mol. The minimum atomic E-state index is -0.572. The first-order valence-electron chi connectivity index (χ1n) is 9.15. The number of rotatable bonds is 5. The third-order valence-corrected chi connectivity index (χ3v) is 5.02. The number of aromatic nitrogens is 3. The van der Waals surface area contributed by atoms with Crippen LogP contribution in [0.3, 0.4) is 0 Å². The van der Waals surface area contributed by atoms with Gasteiger partial charge < -0.3 is 5.32 Å². The number of benzene rings is 2. The number of non-ortho nitro benzene ring substituents is 1. The predicted molar refractivity (Wildman–Crippen MR) is 114 cm³/mol. The molecule has 0 atom stereocenters. The van der Waals surface area contributed by atoms with Crippen molar-refractivity contribution in [1.29, 1.82) is 0 Å². The van der Waals surface area contributed by atoms with E-state index in [1.165, 1.54) is 35.0 Å². The second-order valence-electron chi connectivity index (χ2n) is 6.78. The minimum Gasteiger partial charge on any atom is -0.323 e. The van der Waals surface area contributed by atoms with Crippen molar-refractivity contribution in [3.05, 3.63) is 81.4 Å². The van der Waals surface area contributed by atoms with Gasteiger partial charge in [0.1, 0.15) is 12.4 Å². The number of pyridine rings is 1. The molecule has 4 aromatic rings. The molecule has 2 aromatic heterocycles. The standard InChI is InChI=1S/C21H15ClFN5O3/c1-12-20-16(13-2-4-14(23)5-3-13)8-9-24-21(20)27(26-12)11-19(29)25-18-10-15(28(30)31)6-7-17(18)22/h2-10H,11H2,1H3,(H,25,29). The van der Waals surface area contributed by atoms with E-state index < -0.39 is 10.8 Å². The number of nitrogens with zero attached hydrogens (tertiary/aromatic N) is 4. The molecule has 4 rings (SSSR count). The fourth-order valence-corrected chi connectivity index (χ4v) is 3.47. The maximum absolute atomic E-state index is 13.3. The van der Waals surface area contributed by atoms with E-state index in [0.29, 0.717) is 11.3 Å². The molecule has 0 aliphatic carbocycles. The number of amides is 1. The van der Waals surface area contributed by atoms with Crippen LogP contribution in [0.2, 0.25) is 5.02 Å². The Balaban J connectivity index is 1.65. The molecule has 0 radical (unpaired) electrons. The molecule has 2 aromatic carbocycles. The molecule has 0 aliphatic heterocycles. The summed E-state index contributed by atoms with van der Waals surface area (Å²) in [5.41, 5.74) is 2.70. The normalized spacial score (nSPS) is 10.9. The highest BCUT2D eigenvalue weighted by Crippen LogP contribution is 2.30. The quantitative estimate of drug-likeness (QED) is 0.357. The van der Waals surface area contributed by atoms with Crippen molar-refractivity contribution < 1.29 is 14.1 Å². The minimum absolute atomic E-state index is 0.133. The summed E-state index contributed by atoms with van der Waals surface area (Å²) in [6, 6.07) is 11.7. The Kier molecular flexibility index (Phi) is 5.35. The molecule has 0 bridgehead atoms. The molecule has 0 saturated heterocycles. The van der Waals surface area contributed by atoms with Gasteiger partial charge in [0, 0.05) is 23.7 Å². The summed E-state index contributed by atoms with van der Waals surface area (Å²) in [7, 11) is 0. The van der Waals surface area contributed by atoms with Gasteiger partial charge in [0.15, 0.2) is 5.65 Å². The highest BCUT2D eigenvalue weighted by atomic mass is 35.5. The lowest BCUT2D eigenvalue weighted by Crippen LogP contribution is -2.20. The number of nitro benzene ring substituents is 1. The van der Waals surface area contributed by atoms with Gasteiger partial charge in [-0.15, -0.1) is 0 Å². The first-order valence-corrected chi connectivity index (χ1v) is 9.53. The van der Waals surface area contributed by atoms with Crippen molar-refractivity contribution in [2.45, 2.75) is 13.5 Å². The van der Waals surface area contributed by atoms with E-state index in [1.807, 2.05) is 0 Å². The zero-order valence-electron chi connectivity index (χ0n) is 16.2. The molecule has 0 spiro atoms. The smallest absolute Gasteiger partial charge is 0.271 e. The van der Waals surface area contributed by atoms with Crippen LogP contribution in [0.25, 0.3) is 22.2 Å². The number of aryl methyl sites for hydroxylation is 1. The Bertz CT molecular complexity index is 1320. The number of anilines is 1. The molecule has 0 aliphatic rings. The Morgan fingerprint density at radius 3 is 2.68 bits per heavy atom. The number of hydrogen-bond acceptors (Lipinski definition) is 5. The third kappa shape index (κ3) is 4.08. The lowest BCUT2D eigenvalue weighted by atomic mass is 10.0. The van der Waals surface area contributed by atoms with E-state index in [0.717, 1.165) is 16.5 Å². The summed E-state index contributed by atoms with van der Waals surface area (Å²) in [4.78, 5) is 27.3. The van der Waals surface area contributed by atoms with E-state index in [2.05, 4.69) is 15.4 Å². The average molecular weight is 440 g/mol. The van der Waals surface area contributed by atoms with Crippen LogP contribution in [0.4, 0.5) is 15.8 Å². The van der Waals surface area contributed by atoms with Gasteiger partial charge in [-0.25, -0.2) is 14.1 Å². The number of nitrogens with one attached hydrogen (secondary N) is 1. The fourth-order valence-electron chi connectivity index (χ4n) is 3.31. The van der Waals surface area contributed by atoms with Gasteiger partial charge in [-0.05, 0) is 42.3 Å². The highest BCUT2D eigenvalue weighted by Gasteiger charge is 2.17. The van der Waals surface area contributed by atoms with Crippen molar-refractivity contribution in [3.8, 4) is 11.1 Å². The fraction of sp³-hybridized carbons (Fsp3) is 0.0952. The molecule has 0 saturated carbocycles. The summed E-state index contributed by atoms with van der Waals surface area (Å²) in [6.45, 7) is 1.62. The van der Waals surface area contributed by atoms with Crippen LogP contribution in [-0.2, 0) is 11.3 Å². The maximum Gasteiger partial charge on any atom is 0.271 e. The summed E-state index contributed by atoms with van der Waals surface area (Å²) < 4.78 is 14.7. The van der Waals surface area contributed by atoms with Crippen LogP contribution in [0, 0.1) is 22.9 Å². The summed E-state index contributed by atoms with van der Waals surface area (Å²) in [6.07, 6.45) is 1.59. The van der Waals surface area contributed by atoms with Gasteiger partial charge in [0.25, 0.3) is 5.69 Å². The van der Waals surface area contributed by atoms with Gasteiger partial charge in [-0.3, -0.25) is 14.9 Å². The van der Waals surface area contributed by atoms with Gasteiger partial charge in [0.05, 0.1) is 21.3 Å². The summed E-state index contributed by atoms with van der Waals surface area (Å²) in [5, 5.41) is 18.9. The Labute approximate surface area is 180 Å². The lowest BCUT2D eigenvalue weighted by molar-refractivity contribution is -0.384. The molecular formula is C21H15ClFN5O3. The van der Waals surface area contributed by atoms with Gasteiger partial charge in [-0.2, -0.15) is 5.10 Å². The Hall–Kier alpha value is -3.85. The number of hydrogen-bond donors (Lipinski definition) is 1. The number of carbonyl (C=O) groups is 1. The van der Waals surface area contributed by atoms with Crippen LogP contribution >= 0.6 is 11.6 Å². The number of halogens is 2. The van der Waals surface area contributed by atoms with Crippen molar-refractivity contribution >= 4 is 39.9 Å². The third-order valence-electron chi connectivity index (χ3n) is 4.69. The first-order chi connectivity index (χ1) is 14.8. The van der Waals surface area contributed by atoms with E-state index >= 15 is 0 Å². The van der Waals surface area contributed by atoms with E-state index in [1.54, 1.807) is 31.3 Å². The predicted octanol–water partition coefficient (Wildman–Crippen LogP) is 4.75. The van der Waals surface area contributed by atoms with Crippen molar-refractivity contribution in [2.75, 3.05) is 5.32 Å². The Morgan fingerprint density at radius 1 is 1.23 bits per heavy atom. The monoisotopic (exact) mass is 439 g/mol. The summed E-state index contributed by atoms with van der Waals surface area (Å²) >= 11 is 6.05. The van der Waals surface area contributed by atoms with E-state index in [-0.39, 0.29) is 28.8 Å². The highest BCUT2D eigenvalue weighted by molar-refractivity contribution is 6.33. The van der Waals surface area contributed by atoms with Gasteiger partial charge >= 0.3 is 0 Å². The van der Waals surface area contributed by atoms with Crippen LogP contribution in [0.1, 0.15) is 5.69 Å². The average Bonchev–Trinajstić information content (AvgIpc) is 3.05. The first kappa shape index (κ1) is 20.4. The van der Waals surface area contributed by atoms with Crippen LogP contribution in [0.15, 0.2) is 54.7 Å². The van der Waals surface area contributed by atoms with Crippen molar-refractivity contribution in [2.24, 2.45) is 0 Å². The largest absolute Gasteiger partial charge is 0.323 e. The molecule has 10 heteroatoms. The molecule has 156 valence electrons. The maximum atomic E-state index is 13.3. The topological polar surface area (TPSA) is 103 Å². The van der Waals surface area contributed by atoms with E-state index in [9.17, 15) is 19.3 Å². The molecule has 0 fully saturated rings. The van der Waals surface area contributed by atoms with Gasteiger partial charge in [-0.1, -0.05) is 23.7 Å². The van der Waals surface area contributed by atoms with Crippen molar-refractivity contribution in [1.82, 2.24) is 14.8 Å². The van der Waals surface area contributed by atoms with Crippen LogP contribution in [-0.4, -0.2) is 25.6 Å². The number of nitro groups is 1.